The van der Waals surface area contributed by atoms with E-state index in [4.69, 9.17) is 0 Å². The average molecular weight is 376 g/mol. The van der Waals surface area contributed by atoms with E-state index in [2.05, 4.69) is 34.5 Å². The first kappa shape index (κ1) is 22.9. The summed E-state index contributed by atoms with van der Waals surface area (Å²) in [5.41, 5.74) is 0.994. The average Bonchev–Trinajstić information content (AvgIpc) is 2.70. The van der Waals surface area contributed by atoms with Crippen molar-refractivity contribution in [2.75, 3.05) is 33.2 Å². The Bertz CT molecular complexity index is 547. The Morgan fingerprint density at radius 2 is 2.07 bits per heavy atom. The smallest absolute Gasteiger partial charge is 0.244 e. The van der Waals surface area contributed by atoms with Crippen LogP contribution in [0.25, 0.3) is 0 Å². The van der Waals surface area contributed by atoms with Gasteiger partial charge in [-0.2, -0.15) is 0 Å². The second kappa shape index (κ2) is 14.0. The number of guanidine groups is 1. The molecule has 1 rings (SSSR count). The molecule has 0 radical (unpaired) electrons. The van der Waals surface area contributed by atoms with Crippen LogP contribution < -0.4 is 10.6 Å². The van der Waals surface area contributed by atoms with Gasteiger partial charge in [0.2, 0.25) is 5.91 Å². The Morgan fingerprint density at radius 3 is 2.70 bits per heavy atom. The lowest BCUT2D eigenvalue weighted by molar-refractivity contribution is -0.128. The SMILES string of the molecule is CCCCC(CC)CNC(=NCC(=O)N(C)CCc1ccccn1)NCC. The number of hydrogen-bond acceptors (Lipinski definition) is 3. The van der Waals surface area contributed by atoms with Crippen molar-refractivity contribution in [3.63, 3.8) is 0 Å². The van der Waals surface area contributed by atoms with Crippen molar-refractivity contribution in [1.29, 1.82) is 0 Å². The van der Waals surface area contributed by atoms with Gasteiger partial charge in [0.15, 0.2) is 5.96 Å². The van der Waals surface area contributed by atoms with Gasteiger partial charge in [0.1, 0.15) is 6.54 Å². The largest absolute Gasteiger partial charge is 0.357 e. The number of likely N-dealkylation sites (N-methyl/N-ethyl adjacent to an activating group) is 1. The van der Waals surface area contributed by atoms with Gasteiger partial charge in [0.05, 0.1) is 0 Å². The topological polar surface area (TPSA) is 69.6 Å². The first-order chi connectivity index (χ1) is 13.1. The molecular weight excluding hydrogens is 338 g/mol. The van der Waals surface area contributed by atoms with Crippen molar-refractivity contribution in [3.8, 4) is 0 Å². The number of nitrogens with zero attached hydrogens (tertiary/aromatic N) is 3. The van der Waals surface area contributed by atoms with Gasteiger partial charge in [0.25, 0.3) is 0 Å². The number of amides is 1. The molecule has 0 aliphatic heterocycles. The Labute approximate surface area is 164 Å². The zero-order chi connectivity index (χ0) is 19.9. The van der Waals surface area contributed by atoms with E-state index in [1.54, 1.807) is 11.1 Å². The van der Waals surface area contributed by atoms with Gasteiger partial charge < -0.3 is 15.5 Å². The van der Waals surface area contributed by atoms with Crippen molar-refractivity contribution in [3.05, 3.63) is 30.1 Å². The maximum absolute atomic E-state index is 12.4. The highest BCUT2D eigenvalue weighted by Crippen LogP contribution is 2.11. The second-order valence-electron chi connectivity index (χ2n) is 6.88. The predicted molar refractivity (Wildman–Crippen MR) is 113 cm³/mol. The number of hydrogen-bond donors (Lipinski definition) is 2. The monoisotopic (exact) mass is 375 g/mol. The second-order valence-corrected chi connectivity index (χ2v) is 6.88. The summed E-state index contributed by atoms with van der Waals surface area (Å²) in [5.74, 6) is 1.38. The van der Waals surface area contributed by atoms with Crippen LogP contribution in [0.2, 0.25) is 0 Å². The van der Waals surface area contributed by atoms with Crippen LogP contribution in [0.3, 0.4) is 0 Å². The summed E-state index contributed by atoms with van der Waals surface area (Å²) >= 11 is 0. The van der Waals surface area contributed by atoms with Crippen LogP contribution in [0.5, 0.6) is 0 Å². The molecule has 1 heterocycles. The number of carbonyl (C=O) groups excluding carboxylic acids is 1. The van der Waals surface area contributed by atoms with E-state index in [1.807, 2.05) is 32.2 Å². The minimum Gasteiger partial charge on any atom is -0.357 e. The molecule has 0 saturated carbocycles. The lowest BCUT2D eigenvalue weighted by Gasteiger charge is -2.19. The van der Waals surface area contributed by atoms with Gasteiger partial charge in [-0.1, -0.05) is 39.2 Å². The Kier molecular flexibility index (Phi) is 11.9. The summed E-state index contributed by atoms with van der Waals surface area (Å²) in [4.78, 5) is 22.8. The van der Waals surface area contributed by atoms with Crippen molar-refractivity contribution >= 4 is 11.9 Å². The van der Waals surface area contributed by atoms with E-state index in [0.29, 0.717) is 12.5 Å². The van der Waals surface area contributed by atoms with Gasteiger partial charge in [-0.3, -0.25) is 9.78 Å². The molecule has 2 N–H and O–H groups in total. The summed E-state index contributed by atoms with van der Waals surface area (Å²) < 4.78 is 0. The molecule has 0 aromatic carbocycles. The molecule has 1 unspecified atom stereocenters. The van der Waals surface area contributed by atoms with E-state index in [1.165, 1.54) is 19.3 Å². The molecule has 0 fully saturated rings. The van der Waals surface area contributed by atoms with Gasteiger partial charge in [0, 0.05) is 45.0 Å². The first-order valence-corrected chi connectivity index (χ1v) is 10.3. The minimum absolute atomic E-state index is 0.0150. The summed E-state index contributed by atoms with van der Waals surface area (Å²) in [6.07, 6.45) is 7.40. The molecule has 27 heavy (non-hydrogen) atoms. The third-order valence-electron chi connectivity index (χ3n) is 4.67. The lowest BCUT2D eigenvalue weighted by atomic mass is 9.99. The molecule has 1 atom stereocenters. The van der Waals surface area contributed by atoms with Gasteiger partial charge in [-0.15, -0.1) is 0 Å². The highest BCUT2D eigenvalue weighted by atomic mass is 16.2. The summed E-state index contributed by atoms with van der Waals surface area (Å²) in [5, 5.41) is 6.62. The number of carbonyl (C=O) groups is 1. The van der Waals surface area contributed by atoms with Crippen molar-refractivity contribution in [2.45, 2.75) is 52.9 Å². The Balaban J connectivity index is 2.46. The van der Waals surface area contributed by atoms with Crippen LogP contribution in [0.4, 0.5) is 0 Å². The summed E-state index contributed by atoms with van der Waals surface area (Å²) in [7, 11) is 1.82. The quantitative estimate of drug-likeness (QED) is 0.435. The fourth-order valence-corrected chi connectivity index (χ4v) is 2.75. The highest BCUT2D eigenvalue weighted by Gasteiger charge is 2.10. The first-order valence-electron chi connectivity index (χ1n) is 10.3. The van der Waals surface area contributed by atoms with Gasteiger partial charge in [-0.05, 0) is 31.4 Å². The molecule has 0 saturated heterocycles. The fraction of sp³-hybridized carbons (Fsp3) is 0.667. The lowest BCUT2D eigenvalue weighted by Crippen LogP contribution is -2.41. The molecular formula is C21H37N5O. The third kappa shape index (κ3) is 9.97. The third-order valence-corrected chi connectivity index (χ3v) is 4.67. The molecule has 1 aromatic rings. The number of aliphatic imine (C=N–C) groups is 1. The predicted octanol–water partition coefficient (Wildman–Crippen LogP) is 2.85. The molecule has 1 amide bonds. The van der Waals surface area contributed by atoms with Gasteiger partial charge >= 0.3 is 0 Å². The Hall–Kier alpha value is -2.11. The molecule has 0 aliphatic rings. The molecule has 0 aliphatic carbocycles. The van der Waals surface area contributed by atoms with E-state index in [9.17, 15) is 4.79 Å². The Morgan fingerprint density at radius 1 is 1.26 bits per heavy atom. The van der Waals surface area contributed by atoms with Crippen LogP contribution in [-0.4, -0.2) is 55.0 Å². The van der Waals surface area contributed by atoms with E-state index < -0.39 is 0 Å². The summed E-state index contributed by atoms with van der Waals surface area (Å²) in [6.45, 7) is 8.96. The molecule has 152 valence electrons. The summed E-state index contributed by atoms with van der Waals surface area (Å²) in [6, 6.07) is 5.84. The highest BCUT2D eigenvalue weighted by molar-refractivity contribution is 5.84. The van der Waals surface area contributed by atoms with Crippen molar-refractivity contribution in [1.82, 2.24) is 20.5 Å². The number of pyridine rings is 1. The zero-order valence-electron chi connectivity index (χ0n) is 17.5. The zero-order valence-corrected chi connectivity index (χ0v) is 17.5. The molecule has 1 aromatic heterocycles. The molecule has 0 bridgehead atoms. The van der Waals surface area contributed by atoms with E-state index >= 15 is 0 Å². The van der Waals surface area contributed by atoms with Crippen LogP contribution in [0, 0.1) is 5.92 Å². The van der Waals surface area contributed by atoms with Crippen molar-refractivity contribution in [2.24, 2.45) is 10.9 Å². The number of rotatable bonds is 12. The normalized spacial score (nSPS) is 12.5. The van der Waals surface area contributed by atoms with Crippen LogP contribution in [0.1, 0.15) is 52.1 Å². The van der Waals surface area contributed by atoms with Crippen molar-refractivity contribution < 1.29 is 4.79 Å². The fourth-order valence-electron chi connectivity index (χ4n) is 2.75. The van der Waals surface area contributed by atoms with E-state index in [-0.39, 0.29) is 12.5 Å². The molecule has 0 spiro atoms. The molecule has 6 nitrogen and oxygen atoms in total. The maximum atomic E-state index is 12.4. The van der Waals surface area contributed by atoms with Crippen LogP contribution in [-0.2, 0) is 11.2 Å². The van der Waals surface area contributed by atoms with E-state index in [0.717, 1.165) is 37.6 Å². The standard InChI is InChI=1S/C21H37N5O/c1-5-8-11-18(6-2)16-24-21(22-7-3)25-17-20(27)26(4)15-13-19-12-9-10-14-23-19/h9-10,12,14,18H,5-8,11,13,15-17H2,1-4H3,(H2,22,24,25). The number of unbranched alkanes of at least 4 members (excludes halogenated alkanes) is 1. The van der Waals surface area contributed by atoms with Gasteiger partial charge in [-0.25, -0.2) is 4.99 Å². The minimum atomic E-state index is 0.0150. The number of aromatic nitrogens is 1. The van der Waals surface area contributed by atoms with Crippen LogP contribution >= 0.6 is 0 Å². The maximum Gasteiger partial charge on any atom is 0.244 e. The number of nitrogens with one attached hydrogen (secondary N) is 2. The van der Waals surface area contributed by atoms with Crippen LogP contribution in [0.15, 0.2) is 29.4 Å². The molecule has 6 heteroatoms.